The highest BCUT2D eigenvalue weighted by Gasteiger charge is 2.18. The standard InChI is InChI=1S/C17H19FN2O4/c1-5-10(9-19-16(22)24-17(2,3)4)14-20-12-8-6-7-11(18)13(12)15(21)23-14/h6-10H,5H2,1-4H3/b19-9+. The molecule has 1 aromatic heterocycles. The molecule has 0 spiro atoms. The van der Waals surface area contributed by atoms with Gasteiger partial charge in [-0.1, -0.05) is 13.0 Å². The second-order valence-electron chi connectivity index (χ2n) is 6.25. The maximum absolute atomic E-state index is 13.7. The fraction of sp³-hybridized carbons (Fsp3) is 0.412. The Morgan fingerprint density at radius 2 is 2.17 bits per heavy atom. The molecule has 128 valence electrons. The summed E-state index contributed by atoms with van der Waals surface area (Å²) in [7, 11) is 0. The van der Waals surface area contributed by atoms with Gasteiger partial charge in [-0.05, 0) is 39.3 Å². The Bertz CT molecular complexity index is 837. The number of carbonyl (C=O) groups excluding carboxylic acids is 1. The number of halogens is 1. The number of amides is 1. The summed E-state index contributed by atoms with van der Waals surface area (Å²) in [6.45, 7) is 7.02. The van der Waals surface area contributed by atoms with Crippen LogP contribution < -0.4 is 5.63 Å². The molecule has 0 bridgehead atoms. The van der Waals surface area contributed by atoms with E-state index in [0.717, 1.165) is 0 Å². The Labute approximate surface area is 138 Å². The van der Waals surface area contributed by atoms with E-state index in [9.17, 15) is 14.0 Å². The summed E-state index contributed by atoms with van der Waals surface area (Å²) < 4.78 is 23.9. The summed E-state index contributed by atoms with van der Waals surface area (Å²) in [6, 6.07) is 4.15. The topological polar surface area (TPSA) is 81.8 Å². The van der Waals surface area contributed by atoms with E-state index in [4.69, 9.17) is 9.15 Å². The molecule has 0 aliphatic carbocycles. The average Bonchev–Trinajstić information content (AvgIpc) is 2.45. The van der Waals surface area contributed by atoms with Gasteiger partial charge in [-0.15, -0.1) is 0 Å². The Hall–Kier alpha value is -2.57. The van der Waals surface area contributed by atoms with E-state index in [1.54, 1.807) is 20.8 Å². The number of aliphatic imine (C=N–C) groups is 1. The highest BCUT2D eigenvalue weighted by atomic mass is 19.1. The lowest BCUT2D eigenvalue weighted by Gasteiger charge is -2.17. The fourth-order valence-electron chi connectivity index (χ4n) is 2.04. The summed E-state index contributed by atoms with van der Waals surface area (Å²) in [5, 5.41) is -0.194. The van der Waals surface area contributed by atoms with E-state index in [-0.39, 0.29) is 16.8 Å². The Balaban J connectivity index is 2.33. The molecule has 2 aromatic rings. The van der Waals surface area contributed by atoms with Gasteiger partial charge in [-0.3, -0.25) is 0 Å². The van der Waals surface area contributed by atoms with Crippen LogP contribution in [0.1, 0.15) is 45.9 Å². The predicted octanol–water partition coefficient (Wildman–Crippen LogP) is 3.83. The molecule has 2 rings (SSSR count). The van der Waals surface area contributed by atoms with Gasteiger partial charge in [0.05, 0.1) is 11.4 Å². The molecule has 1 atom stereocenters. The minimum absolute atomic E-state index is 0.0768. The Morgan fingerprint density at radius 3 is 2.79 bits per heavy atom. The van der Waals surface area contributed by atoms with Crippen molar-refractivity contribution in [3.63, 3.8) is 0 Å². The molecule has 1 amide bonds. The molecule has 6 nitrogen and oxygen atoms in total. The molecule has 7 heteroatoms. The van der Waals surface area contributed by atoms with Crippen molar-refractivity contribution in [1.82, 2.24) is 4.98 Å². The first-order valence-electron chi connectivity index (χ1n) is 7.57. The first-order chi connectivity index (χ1) is 11.2. The van der Waals surface area contributed by atoms with Crippen LogP contribution in [0.3, 0.4) is 0 Å². The third-order valence-corrected chi connectivity index (χ3v) is 3.13. The van der Waals surface area contributed by atoms with E-state index in [1.165, 1.54) is 24.4 Å². The van der Waals surface area contributed by atoms with Gasteiger partial charge in [-0.2, -0.15) is 4.99 Å². The zero-order valence-corrected chi connectivity index (χ0v) is 14.0. The van der Waals surface area contributed by atoms with Crippen LogP contribution in [0.5, 0.6) is 0 Å². The molecule has 1 unspecified atom stereocenters. The largest absolute Gasteiger partial charge is 0.442 e. The Morgan fingerprint density at radius 1 is 1.46 bits per heavy atom. The number of nitrogens with zero attached hydrogens (tertiary/aromatic N) is 2. The van der Waals surface area contributed by atoms with Gasteiger partial charge < -0.3 is 9.15 Å². The van der Waals surface area contributed by atoms with Crippen LogP contribution in [-0.4, -0.2) is 22.9 Å². The highest BCUT2D eigenvalue weighted by Crippen LogP contribution is 2.19. The molecule has 0 saturated carbocycles. The van der Waals surface area contributed by atoms with E-state index < -0.39 is 29.1 Å². The second kappa shape index (κ2) is 6.90. The molecule has 24 heavy (non-hydrogen) atoms. The normalized spacial score (nSPS) is 13.4. The molecule has 1 heterocycles. The van der Waals surface area contributed by atoms with Crippen LogP contribution in [0.25, 0.3) is 10.9 Å². The second-order valence-corrected chi connectivity index (χ2v) is 6.25. The molecular weight excluding hydrogens is 315 g/mol. The molecule has 0 N–H and O–H groups in total. The predicted molar refractivity (Wildman–Crippen MR) is 88.0 cm³/mol. The maximum Gasteiger partial charge on any atom is 0.433 e. The van der Waals surface area contributed by atoms with E-state index in [1.807, 2.05) is 6.92 Å². The van der Waals surface area contributed by atoms with Gasteiger partial charge in [-0.25, -0.2) is 19.0 Å². The Kier molecular flexibility index (Phi) is 5.11. The molecule has 0 saturated heterocycles. The van der Waals surface area contributed by atoms with Gasteiger partial charge in [0.1, 0.15) is 16.8 Å². The van der Waals surface area contributed by atoms with Crippen molar-refractivity contribution in [3.05, 3.63) is 40.3 Å². The van der Waals surface area contributed by atoms with Crippen molar-refractivity contribution in [2.24, 2.45) is 4.99 Å². The van der Waals surface area contributed by atoms with Gasteiger partial charge in [0.25, 0.3) is 0 Å². The van der Waals surface area contributed by atoms with Crippen molar-refractivity contribution >= 4 is 23.2 Å². The number of benzene rings is 1. The number of carbonyl (C=O) groups is 1. The smallest absolute Gasteiger partial charge is 0.433 e. The molecule has 1 aromatic carbocycles. The number of hydrogen-bond donors (Lipinski definition) is 0. The van der Waals surface area contributed by atoms with Crippen LogP contribution in [-0.2, 0) is 4.74 Å². The summed E-state index contributed by atoms with van der Waals surface area (Å²) in [5.74, 6) is -1.11. The monoisotopic (exact) mass is 334 g/mol. The van der Waals surface area contributed by atoms with E-state index >= 15 is 0 Å². The zero-order valence-electron chi connectivity index (χ0n) is 14.0. The number of ether oxygens (including phenoxy) is 1. The van der Waals surface area contributed by atoms with Crippen LogP contribution in [0.15, 0.2) is 32.4 Å². The third-order valence-electron chi connectivity index (χ3n) is 3.13. The van der Waals surface area contributed by atoms with Gasteiger partial charge >= 0.3 is 11.7 Å². The number of fused-ring (bicyclic) bond motifs is 1. The lowest BCUT2D eigenvalue weighted by atomic mass is 10.1. The SMILES string of the molecule is CCC(/C=N/C(=O)OC(C)(C)C)c1nc2cccc(F)c2c(=O)o1. The molecule has 0 aliphatic heterocycles. The lowest BCUT2D eigenvalue weighted by Crippen LogP contribution is -2.22. The van der Waals surface area contributed by atoms with Crippen LogP contribution in [0, 0.1) is 5.82 Å². The first-order valence-corrected chi connectivity index (χ1v) is 7.57. The van der Waals surface area contributed by atoms with Crippen LogP contribution in [0.4, 0.5) is 9.18 Å². The summed E-state index contributed by atoms with van der Waals surface area (Å²) >= 11 is 0. The van der Waals surface area contributed by atoms with Gasteiger partial charge in [0.2, 0.25) is 5.89 Å². The van der Waals surface area contributed by atoms with Gasteiger partial charge in [0.15, 0.2) is 0 Å². The van der Waals surface area contributed by atoms with Crippen molar-refractivity contribution in [2.45, 2.75) is 45.6 Å². The molecule has 0 fully saturated rings. The highest BCUT2D eigenvalue weighted by molar-refractivity contribution is 5.83. The minimum Gasteiger partial charge on any atom is -0.442 e. The molecule has 0 radical (unpaired) electrons. The first kappa shape index (κ1) is 17.8. The quantitative estimate of drug-likeness (QED) is 0.797. The number of rotatable bonds is 3. The van der Waals surface area contributed by atoms with E-state index in [0.29, 0.717) is 6.42 Å². The van der Waals surface area contributed by atoms with Crippen LogP contribution in [0.2, 0.25) is 0 Å². The van der Waals surface area contributed by atoms with Crippen molar-refractivity contribution < 1.29 is 18.3 Å². The van der Waals surface area contributed by atoms with Crippen molar-refractivity contribution in [1.29, 1.82) is 0 Å². The van der Waals surface area contributed by atoms with E-state index in [2.05, 4.69) is 9.98 Å². The number of aromatic nitrogens is 1. The molecule has 0 aliphatic rings. The summed E-state index contributed by atoms with van der Waals surface area (Å²) in [6.07, 6.45) is 1.07. The van der Waals surface area contributed by atoms with Crippen LogP contribution >= 0.6 is 0 Å². The summed E-state index contributed by atoms with van der Waals surface area (Å²) in [4.78, 5) is 31.5. The summed E-state index contributed by atoms with van der Waals surface area (Å²) in [5.41, 5.74) is -1.26. The van der Waals surface area contributed by atoms with Crippen molar-refractivity contribution in [2.75, 3.05) is 0 Å². The minimum atomic E-state index is -0.808. The lowest BCUT2D eigenvalue weighted by molar-refractivity contribution is 0.0604. The van der Waals surface area contributed by atoms with Crippen molar-refractivity contribution in [3.8, 4) is 0 Å². The third kappa shape index (κ3) is 4.24. The average molecular weight is 334 g/mol. The fourth-order valence-corrected chi connectivity index (χ4v) is 2.04. The van der Waals surface area contributed by atoms with Gasteiger partial charge in [0, 0.05) is 6.21 Å². The molecular formula is C17H19FN2O4. The zero-order chi connectivity index (χ0) is 17.9. The number of hydrogen-bond acceptors (Lipinski definition) is 5. The maximum atomic E-state index is 13.7.